The standard InChI is InChI=1S/C19H18N2O8/c1-3-28-18(23)12-4-6-13(7-5-12)20-17(22)11-29-19(24)15-10-14(21(25)26)8-9-16(15)27-2/h4-10H,3,11H2,1-2H3,(H,20,22). The molecule has 0 aliphatic heterocycles. The van der Waals surface area contributed by atoms with Crippen molar-refractivity contribution in [1.82, 2.24) is 0 Å². The molecular weight excluding hydrogens is 384 g/mol. The number of ether oxygens (including phenoxy) is 3. The molecule has 2 rings (SSSR count). The second-order valence-corrected chi connectivity index (χ2v) is 5.56. The Morgan fingerprint density at radius 1 is 1.03 bits per heavy atom. The first-order valence-electron chi connectivity index (χ1n) is 8.42. The predicted molar refractivity (Wildman–Crippen MR) is 101 cm³/mol. The fraction of sp³-hybridized carbons (Fsp3) is 0.211. The van der Waals surface area contributed by atoms with Crippen molar-refractivity contribution in [3.63, 3.8) is 0 Å². The molecule has 0 unspecified atom stereocenters. The average molecular weight is 402 g/mol. The van der Waals surface area contributed by atoms with Crippen molar-refractivity contribution in [2.75, 3.05) is 25.6 Å². The number of nitrogens with one attached hydrogen (secondary N) is 1. The molecule has 10 nitrogen and oxygen atoms in total. The Hall–Kier alpha value is -3.95. The first-order valence-corrected chi connectivity index (χ1v) is 8.42. The van der Waals surface area contributed by atoms with Crippen LogP contribution in [0.2, 0.25) is 0 Å². The molecule has 0 bridgehead atoms. The van der Waals surface area contributed by atoms with E-state index in [2.05, 4.69) is 5.32 Å². The number of amides is 1. The molecule has 1 amide bonds. The zero-order chi connectivity index (χ0) is 21.4. The molecule has 0 aromatic heterocycles. The van der Waals surface area contributed by atoms with Gasteiger partial charge in [0.2, 0.25) is 0 Å². The Kier molecular flexibility index (Phi) is 7.24. The van der Waals surface area contributed by atoms with Gasteiger partial charge in [0.1, 0.15) is 11.3 Å². The number of carbonyl (C=O) groups excluding carboxylic acids is 3. The van der Waals surface area contributed by atoms with Gasteiger partial charge in [0.25, 0.3) is 11.6 Å². The molecule has 0 aliphatic carbocycles. The highest BCUT2D eigenvalue weighted by atomic mass is 16.6. The lowest BCUT2D eigenvalue weighted by molar-refractivity contribution is -0.384. The average Bonchev–Trinajstić information content (AvgIpc) is 2.72. The quantitative estimate of drug-likeness (QED) is 0.404. The summed E-state index contributed by atoms with van der Waals surface area (Å²) in [5.41, 5.74) is 0.221. The van der Waals surface area contributed by atoms with Gasteiger partial charge >= 0.3 is 11.9 Å². The van der Waals surface area contributed by atoms with Crippen molar-refractivity contribution >= 4 is 29.2 Å². The number of anilines is 1. The molecule has 0 spiro atoms. The van der Waals surface area contributed by atoms with E-state index in [0.29, 0.717) is 11.3 Å². The second kappa shape index (κ2) is 9.83. The van der Waals surface area contributed by atoms with E-state index in [1.807, 2.05) is 0 Å². The molecule has 0 atom stereocenters. The Labute approximate surface area is 165 Å². The lowest BCUT2D eigenvalue weighted by atomic mass is 10.2. The van der Waals surface area contributed by atoms with Crippen molar-refractivity contribution in [3.8, 4) is 5.75 Å². The lowest BCUT2D eigenvalue weighted by Crippen LogP contribution is -2.21. The van der Waals surface area contributed by atoms with Crippen LogP contribution in [0.15, 0.2) is 42.5 Å². The van der Waals surface area contributed by atoms with Gasteiger partial charge in [0.05, 0.1) is 24.2 Å². The number of methoxy groups -OCH3 is 1. The first kappa shape index (κ1) is 21.4. The third kappa shape index (κ3) is 5.76. The number of rotatable bonds is 8. The van der Waals surface area contributed by atoms with Crippen molar-refractivity contribution in [2.45, 2.75) is 6.92 Å². The molecule has 10 heteroatoms. The van der Waals surface area contributed by atoms with E-state index in [1.165, 1.54) is 43.5 Å². The van der Waals surface area contributed by atoms with E-state index < -0.39 is 29.4 Å². The Balaban J connectivity index is 1.97. The minimum Gasteiger partial charge on any atom is -0.496 e. The molecule has 0 aliphatic rings. The predicted octanol–water partition coefficient (Wildman–Crippen LogP) is 2.58. The number of esters is 2. The van der Waals surface area contributed by atoms with Crippen LogP contribution in [0.3, 0.4) is 0 Å². The molecule has 0 saturated carbocycles. The molecule has 0 heterocycles. The van der Waals surface area contributed by atoms with E-state index in [4.69, 9.17) is 14.2 Å². The second-order valence-electron chi connectivity index (χ2n) is 5.56. The normalized spacial score (nSPS) is 10.0. The summed E-state index contributed by atoms with van der Waals surface area (Å²) < 4.78 is 14.8. The number of nitrogens with zero attached hydrogens (tertiary/aromatic N) is 1. The Morgan fingerprint density at radius 3 is 2.31 bits per heavy atom. The molecule has 152 valence electrons. The van der Waals surface area contributed by atoms with Crippen molar-refractivity contribution in [3.05, 3.63) is 63.7 Å². The summed E-state index contributed by atoms with van der Waals surface area (Å²) in [4.78, 5) is 46.0. The van der Waals surface area contributed by atoms with Crippen LogP contribution in [0.1, 0.15) is 27.6 Å². The van der Waals surface area contributed by atoms with Crippen LogP contribution in [0, 0.1) is 10.1 Å². The van der Waals surface area contributed by atoms with Gasteiger partial charge in [-0.05, 0) is 37.3 Å². The van der Waals surface area contributed by atoms with Gasteiger partial charge in [-0.1, -0.05) is 0 Å². The van der Waals surface area contributed by atoms with E-state index in [0.717, 1.165) is 6.07 Å². The summed E-state index contributed by atoms with van der Waals surface area (Å²) >= 11 is 0. The van der Waals surface area contributed by atoms with E-state index in [9.17, 15) is 24.5 Å². The van der Waals surface area contributed by atoms with Crippen molar-refractivity contribution < 1.29 is 33.5 Å². The summed E-state index contributed by atoms with van der Waals surface area (Å²) in [6, 6.07) is 9.40. The number of nitro benzene ring substituents is 1. The first-order chi connectivity index (χ1) is 13.8. The number of benzene rings is 2. The van der Waals surface area contributed by atoms with Crippen molar-refractivity contribution in [2.24, 2.45) is 0 Å². The Bertz CT molecular complexity index is 924. The molecule has 0 fully saturated rings. The van der Waals surface area contributed by atoms with Gasteiger partial charge in [0, 0.05) is 17.8 Å². The minimum absolute atomic E-state index is 0.0792. The van der Waals surface area contributed by atoms with E-state index in [-0.39, 0.29) is 23.6 Å². The number of hydrogen-bond acceptors (Lipinski definition) is 8. The zero-order valence-electron chi connectivity index (χ0n) is 15.7. The minimum atomic E-state index is -0.946. The van der Waals surface area contributed by atoms with Crippen LogP contribution in [-0.2, 0) is 14.3 Å². The van der Waals surface area contributed by atoms with Gasteiger partial charge in [0.15, 0.2) is 6.61 Å². The molecule has 0 radical (unpaired) electrons. The maximum Gasteiger partial charge on any atom is 0.342 e. The topological polar surface area (TPSA) is 134 Å². The molecule has 2 aromatic carbocycles. The molecule has 2 aromatic rings. The zero-order valence-corrected chi connectivity index (χ0v) is 15.7. The number of hydrogen-bond donors (Lipinski definition) is 1. The summed E-state index contributed by atoms with van der Waals surface area (Å²) in [7, 11) is 1.30. The molecule has 29 heavy (non-hydrogen) atoms. The summed E-state index contributed by atoms with van der Waals surface area (Å²) in [6.45, 7) is 1.32. The molecule has 0 saturated heterocycles. The van der Waals surface area contributed by atoms with Crippen LogP contribution in [0.4, 0.5) is 11.4 Å². The summed E-state index contributed by atoms with van der Waals surface area (Å²) in [6.07, 6.45) is 0. The SMILES string of the molecule is CCOC(=O)c1ccc(NC(=O)COC(=O)c2cc([N+](=O)[O-])ccc2OC)cc1. The van der Waals surface area contributed by atoms with Crippen LogP contribution in [0.25, 0.3) is 0 Å². The molecule has 1 N–H and O–H groups in total. The highest BCUT2D eigenvalue weighted by Crippen LogP contribution is 2.24. The maximum atomic E-state index is 12.2. The smallest absolute Gasteiger partial charge is 0.342 e. The summed E-state index contributed by atoms with van der Waals surface area (Å²) in [5, 5.41) is 13.4. The fourth-order valence-corrected chi connectivity index (χ4v) is 2.28. The number of nitro groups is 1. The Morgan fingerprint density at radius 2 is 1.72 bits per heavy atom. The van der Waals surface area contributed by atoms with Crippen LogP contribution >= 0.6 is 0 Å². The van der Waals surface area contributed by atoms with Gasteiger partial charge in [-0.3, -0.25) is 14.9 Å². The van der Waals surface area contributed by atoms with Crippen molar-refractivity contribution in [1.29, 1.82) is 0 Å². The highest BCUT2D eigenvalue weighted by molar-refractivity contribution is 5.97. The van der Waals surface area contributed by atoms with Crippen LogP contribution < -0.4 is 10.1 Å². The maximum absolute atomic E-state index is 12.2. The number of carbonyl (C=O) groups is 3. The summed E-state index contributed by atoms with van der Waals surface area (Å²) in [5.74, 6) is -1.98. The fourth-order valence-electron chi connectivity index (χ4n) is 2.28. The highest BCUT2D eigenvalue weighted by Gasteiger charge is 2.19. The van der Waals surface area contributed by atoms with E-state index in [1.54, 1.807) is 6.92 Å². The van der Waals surface area contributed by atoms with E-state index >= 15 is 0 Å². The number of non-ortho nitro benzene ring substituents is 1. The lowest BCUT2D eigenvalue weighted by Gasteiger charge is -2.09. The van der Waals surface area contributed by atoms with Crippen LogP contribution in [-0.4, -0.2) is 43.1 Å². The van der Waals surface area contributed by atoms with Crippen LogP contribution in [0.5, 0.6) is 5.75 Å². The third-order valence-corrected chi connectivity index (χ3v) is 3.63. The van der Waals surface area contributed by atoms with Gasteiger partial charge in [-0.15, -0.1) is 0 Å². The van der Waals surface area contributed by atoms with Gasteiger partial charge < -0.3 is 19.5 Å². The molecular formula is C19H18N2O8. The largest absolute Gasteiger partial charge is 0.496 e. The van der Waals surface area contributed by atoms with Gasteiger partial charge in [-0.2, -0.15) is 0 Å². The third-order valence-electron chi connectivity index (χ3n) is 3.63. The monoisotopic (exact) mass is 402 g/mol. The van der Waals surface area contributed by atoms with Gasteiger partial charge in [-0.25, -0.2) is 9.59 Å².